The van der Waals surface area contributed by atoms with Crippen molar-refractivity contribution in [3.63, 3.8) is 0 Å². The second kappa shape index (κ2) is 6.23. The third-order valence-corrected chi connectivity index (χ3v) is 3.79. The van der Waals surface area contributed by atoms with Crippen LogP contribution >= 0.6 is 23.2 Å². The van der Waals surface area contributed by atoms with Crippen LogP contribution < -0.4 is 4.72 Å². The first-order valence-corrected chi connectivity index (χ1v) is 8.80. The molecule has 0 aliphatic carbocycles. The molecule has 1 N–H and O–H groups in total. The zero-order valence-corrected chi connectivity index (χ0v) is 14.0. The van der Waals surface area contributed by atoms with E-state index in [4.69, 9.17) is 23.2 Å². The van der Waals surface area contributed by atoms with E-state index in [1.807, 2.05) is 11.6 Å². The summed E-state index contributed by atoms with van der Waals surface area (Å²) in [6.07, 6.45) is 1.31. The van der Waals surface area contributed by atoms with Crippen LogP contribution in [0.4, 0.5) is 0 Å². The van der Waals surface area contributed by atoms with Gasteiger partial charge in [0.2, 0.25) is 15.8 Å². The summed E-state index contributed by atoms with van der Waals surface area (Å²) in [4.78, 5) is 15.9. The van der Waals surface area contributed by atoms with Crippen molar-refractivity contribution in [1.82, 2.24) is 19.5 Å². The third-order valence-electron chi connectivity index (χ3n) is 2.62. The van der Waals surface area contributed by atoms with Crippen molar-refractivity contribution in [2.45, 2.75) is 13.3 Å². The summed E-state index contributed by atoms with van der Waals surface area (Å²) < 4.78 is 25.4. The highest BCUT2D eigenvalue weighted by Crippen LogP contribution is 2.28. The molecule has 7 nitrogen and oxygen atoms in total. The first-order chi connectivity index (χ1) is 10.2. The Morgan fingerprint density at radius 2 is 1.91 bits per heavy atom. The van der Waals surface area contributed by atoms with E-state index in [1.54, 1.807) is 18.2 Å². The van der Waals surface area contributed by atoms with Crippen LogP contribution in [0.2, 0.25) is 10.0 Å². The summed E-state index contributed by atoms with van der Waals surface area (Å²) in [6, 6.07) is 4.92. The van der Waals surface area contributed by atoms with Gasteiger partial charge in [-0.05, 0) is 12.1 Å². The van der Waals surface area contributed by atoms with E-state index in [-0.39, 0.29) is 5.82 Å². The van der Waals surface area contributed by atoms with Crippen molar-refractivity contribution in [3.8, 4) is 5.69 Å². The normalized spacial score (nSPS) is 11.5. The van der Waals surface area contributed by atoms with Gasteiger partial charge in [0.05, 0.1) is 16.3 Å². The molecule has 0 aliphatic heterocycles. The number of rotatable bonds is 4. The summed E-state index contributed by atoms with van der Waals surface area (Å²) >= 11 is 12.2. The van der Waals surface area contributed by atoms with E-state index in [2.05, 4.69) is 10.1 Å². The minimum atomic E-state index is -3.70. The molecular weight excluding hydrogens is 351 g/mol. The third kappa shape index (κ3) is 3.57. The van der Waals surface area contributed by atoms with E-state index >= 15 is 0 Å². The Hall–Kier alpha value is -1.64. The Morgan fingerprint density at radius 3 is 2.41 bits per heavy atom. The standard InChI is InChI=1S/C12H12Cl2N4O3S/c1-3-9-15-11(12(19)17-22(2,20)21)16-18(9)10-7(13)5-4-6-8(10)14/h4-6H,3H2,1-2H3,(H,17,19). The van der Waals surface area contributed by atoms with Gasteiger partial charge in [-0.2, -0.15) is 0 Å². The lowest BCUT2D eigenvalue weighted by Crippen LogP contribution is -2.30. The first-order valence-electron chi connectivity index (χ1n) is 6.15. The summed E-state index contributed by atoms with van der Waals surface area (Å²) in [5.41, 5.74) is 0.383. The molecule has 0 spiro atoms. The predicted octanol–water partition coefficient (Wildman–Crippen LogP) is 1.83. The summed E-state index contributed by atoms with van der Waals surface area (Å²) in [7, 11) is -3.70. The van der Waals surface area contributed by atoms with Crippen LogP contribution in [-0.4, -0.2) is 35.3 Å². The number of para-hydroxylation sites is 1. The second-order valence-corrected chi connectivity index (χ2v) is 6.95. The maximum Gasteiger partial charge on any atom is 0.304 e. The van der Waals surface area contributed by atoms with Crippen LogP contribution in [0.15, 0.2) is 18.2 Å². The van der Waals surface area contributed by atoms with Crippen LogP contribution in [0.1, 0.15) is 23.4 Å². The largest absolute Gasteiger partial charge is 0.304 e. The average Bonchev–Trinajstić information content (AvgIpc) is 2.80. The molecular formula is C12H12Cl2N4O3S. The number of hydrogen-bond acceptors (Lipinski definition) is 5. The van der Waals surface area contributed by atoms with Crippen LogP contribution in [0.25, 0.3) is 5.69 Å². The van der Waals surface area contributed by atoms with Gasteiger partial charge in [0.15, 0.2) is 0 Å². The van der Waals surface area contributed by atoms with Gasteiger partial charge < -0.3 is 0 Å². The Balaban J connectivity index is 2.53. The number of amides is 1. The molecule has 118 valence electrons. The number of carbonyl (C=O) groups excluding carboxylic acids is 1. The summed E-state index contributed by atoms with van der Waals surface area (Å²) in [5, 5.41) is 4.69. The number of benzene rings is 1. The molecule has 2 aromatic rings. The lowest BCUT2D eigenvalue weighted by molar-refractivity contribution is 0.0971. The molecule has 0 fully saturated rings. The Morgan fingerprint density at radius 1 is 1.32 bits per heavy atom. The number of sulfonamides is 1. The zero-order chi connectivity index (χ0) is 16.5. The molecule has 0 unspecified atom stereocenters. The molecule has 1 aromatic heterocycles. The van der Waals surface area contributed by atoms with E-state index < -0.39 is 15.9 Å². The van der Waals surface area contributed by atoms with Crippen molar-refractivity contribution < 1.29 is 13.2 Å². The Bertz CT molecular complexity index is 813. The van der Waals surface area contributed by atoms with E-state index in [0.29, 0.717) is 28.0 Å². The van der Waals surface area contributed by atoms with E-state index in [0.717, 1.165) is 6.26 Å². The summed E-state index contributed by atoms with van der Waals surface area (Å²) in [6.45, 7) is 1.81. The highest BCUT2D eigenvalue weighted by atomic mass is 35.5. The van der Waals surface area contributed by atoms with Gasteiger partial charge in [-0.1, -0.05) is 36.2 Å². The number of nitrogens with one attached hydrogen (secondary N) is 1. The number of hydrogen-bond donors (Lipinski definition) is 1. The highest BCUT2D eigenvalue weighted by molar-refractivity contribution is 7.89. The number of aryl methyl sites for hydroxylation is 1. The van der Waals surface area contributed by atoms with Crippen LogP contribution in [-0.2, 0) is 16.4 Å². The van der Waals surface area contributed by atoms with Gasteiger partial charge in [-0.3, -0.25) is 4.79 Å². The van der Waals surface area contributed by atoms with E-state index in [9.17, 15) is 13.2 Å². The zero-order valence-electron chi connectivity index (χ0n) is 11.7. The Kier molecular flexibility index (Phi) is 4.74. The SMILES string of the molecule is CCc1nc(C(=O)NS(C)(=O)=O)nn1-c1c(Cl)cccc1Cl. The molecule has 2 rings (SSSR count). The lowest BCUT2D eigenvalue weighted by Gasteiger charge is -2.08. The van der Waals surface area contributed by atoms with Crippen molar-refractivity contribution in [1.29, 1.82) is 0 Å². The molecule has 0 saturated heterocycles. The molecule has 1 aromatic carbocycles. The topological polar surface area (TPSA) is 93.9 Å². The molecule has 0 saturated carbocycles. The molecule has 1 heterocycles. The molecule has 1 amide bonds. The smallest absolute Gasteiger partial charge is 0.264 e. The molecule has 22 heavy (non-hydrogen) atoms. The maximum atomic E-state index is 11.8. The fourth-order valence-corrected chi connectivity index (χ4v) is 2.74. The van der Waals surface area contributed by atoms with Gasteiger partial charge in [-0.25, -0.2) is 22.8 Å². The van der Waals surface area contributed by atoms with Gasteiger partial charge >= 0.3 is 5.91 Å². The number of nitrogens with zero attached hydrogens (tertiary/aromatic N) is 3. The molecule has 0 aliphatic rings. The lowest BCUT2D eigenvalue weighted by atomic mass is 10.3. The predicted molar refractivity (Wildman–Crippen MR) is 83.1 cm³/mol. The fourth-order valence-electron chi connectivity index (χ4n) is 1.75. The van der Waals surface area contributed by atoms with Crippen LogP contribution in [0, 0.1) is 0 Å². The molecule has 0 atom stereocenters. The minimum Gasteiger partial charge on any atom is -0.264 e. The molecule has 0 radical (unpaired) electrons. The Labute approximate surface area is 137 Å². The quantitative estimate of drug-likeness (QED) is 0.894. The van der Waals surface area contributed by atoms with Gasteiger partial charge in [0.25, 0.3) is 0 Å². The van der Waals surface area contributed by atoms with E-state index in [1.165, 1.54) is 4.68 Å². The minimum absolute atomic E-state index is 0.279. The fraction of sp³-hybridized carbons (Fsp3) is 0.250. The van der Waals surface area contributed by atoms with Crippen LogP contribution in [0.5, 0.6) is 0 Å². The van der Waals surface area contributed by atoms with Gasteiger partial charge in [-0.15, -0.1) is 5.10 Å². The number of aromatic nitrogens is 3. The monoisotopic (exact) mass is 362 g/mol. The maximum absolute atomic E-state index is 11.8. The average molecular weight is 363 g/mol. The number of carbonyl (C=O) groups is 1. The molecule has 10 heteroatoms. The van der Waals surface area contributed by atoms with Crippen molar-refractivity contribution in [2.75, 3.05) is 6.26 Å². The second-order valence-electron chi connectivity index (χ2n) is 4.39. The van der Waals surface area contributed by atoms with Crippen molar-refractivity contribution in [2.24, 2.45) is 0 Å². The molecule has 0 bridgehead atoms. The van der Waals surface area contributed by atoms with Gasteiger partial charge in [0, 0.05) is 6.42 Å². The van der Waals surface area contributed by atoms with Crippen molar-refractivity contribution >= 4 is 39.1 Å². The first kappa shape index (κ1) is 16.7. The number of halogens is 2. The van der Waals surface area contributed by atoms with Crippen molar-refractivity contribution in [3.05, 3.63) is 39.9 Å². The van der Waals surface area contributed by atoms with Crippen LogP contribution in [0.3, 0.4) is 0 Å². The highest BCUT2D eigenvalue weighted by Gasteiger charge is 2.21. The summed E-state index contributed by atoms with van der Waals surface area (Å²) in [5.74, 6) is -0.772. The van der Waals surface area contributed by atoms with Gasteiger partial charge in [0.1, 0.15) is 11.5 Å².